The van der Waals surface area contributed by atoms with Crippen molar-refractivity contribution in [2.24, 2.45) is 5.73 Å². The molecule has 4 nitrogen and oxygen atoms in total. The van der Waals surface area contributed by atoms with E-state index < -0.39 is 6.04 Å². The highest BCUT2D eigenvalue weighted by Gasteiger charge is 2.14. The molecular formula is C20H23N3O. The van der Waals surface area contributed by atoms with Crippen molar-refractivity contribution in [1.82, 2.24) is 4.57 Å². The molecule has 0 fully saturated rings. The average Bonchev–Trinajstić information content (AvgIpc) is 2.98. The van der Waals surface area contributed by atoms with E-state index in [9.17, 15) is 4.79 Å². The first-order chi connectivity index (χ1) is 11.7. The number of rotatable bonds is 6. The van der Waals surface area contributed by atoms with Crippen LogP contribution >= 0.6 is 0 Å². The molecule has 0 saturated carbocycles. The monoisotopic (exact) mass is 321 g/mol. The zero-order valence-corrected chi connectivity index (χ0v) is 13.9. The minimum absolute atomic E-state index is 0.161. The fourth-order valence-corrected chi connectivity index (χ4v) is 2.91. The Morgan fingerprint density at radius 2 is 1.96 bits per heavy atom. The number of amides is 1. The molecule has 0 aliphatic heterocycles. The number of nitrogens with zero attached hydrogens (tertiary/aromatic N) is 1. The fourth-order valence-electron chi connectivity index (χ4n) is 2.91. The smallest absolute Gasteiger partial charge is 0.241 e. The molecule has 1 aromatic heterocycles. The maximum Gasteiger partial charge on any atom is 0.241 e. The number of nitrogens with one attached hydrogen (secondary N) is 1. The summed E-state index contributed by atoms with van der Waals surface area (Å²) in [5, 5.41) is 4.05. The van der Waals surface area contributed by atoms with Crippen LogP contribution in [-0.4, -0.2) is 16.5 Å². The number of anilines is 1. The summed E-state index contributed by atoms with van der Waals surface area (Å²) < 4.78 is 2.22. The first-order valence-electron chi connectivity index (χ1n) is 8.36. The summed E-state index contributed by atoms with van der Waals surface area (Å²) in [5.74, 6) is -0.161. The van der Waals surface area contributed by atoms with E-state index in [1.807, 2.05) is 48.5 Å². The van der Waals surface area contributed by atoms with Gasteiger partial charge in [-0.05, 0) is 42.7 Å². The van der Waals surface area contributed by atoms with Gasteiger partial charge in [-0.15, -0.1) is 0 Å². The molecule has 1 amide bonds. The number of carbonyl (C=O) groups excluding carboxylic acids is 1. The van der Waals surface area contributed by atoms with Crippen molar-refractivity contribution < 1.29 is 4.79 Å². The zero-order chi connectivity index (χ0) is 16.9. The highest BCUT2D eigenvalue weighted by molar-refractivity contribution is 5.97. The van der Waals surface area contributed by atoms with Crippen LogP contribution in [0.1, 0.15) is 18.9 Å². The lowest BCUT2D eigenvalue weighted by Gasteiger charge is -2.13. The largest absolute Gasteiger partial charge is 0.347 e. The number of carbonyl (C=O) groups is 1. The van der Waals surface area contributed by atoms with Crippen LogP contribution in [0.25, 0.3) is 10.9 Å². The summed E-state index contributed by atoms with van der Waals surface area (Å²) in [6.07, 6.45) is 3.71. The summed E-state index contributed by atoms with van der Waals surface area (Å²) >= 11 is 0. The fraction of sp³-hybridized carbons (Fsp3) is 0.250. The third kappa shape index (κ3) is 3.66. The standard InChI is InChI=1S/C20H23N3O/c1-2-11-23-12-10-16-14-17(8-9-19(16)23)22-20(24)18(21)13-15-6-4-3-5-7-15/h3-10,12,14,18H,2,11,13,21H2,1H3,(H,22,24). The lowest BCUT2D eigenvalue weighted by molar-refractivity contribution is -0.117. The van der Waals surface area contributed by atoms with E-state index in [1.54, 1.807) is 0 Å². The van der Waals surface area contributed by atoms with Crippen LogP contribution in [0.15, 0.2) is 60.8 Å². The maximum atomic E-state index is 12.3. The Labute approximate surface area is 142 Å². The second-order valence-corrected chi connectivity index (χ2v) is 6.07. The maximum absolute atomic E-state index is 12.3. The van der Waals surface area contributed by atoms with Crippen LogP contribution in [0.2, 0.25) is 0 Å². The first-order valence-corrected chi connectivity index (χ1v) is 8.36. The Morgan fingerprint density at radius 3 is 2.71 bits per heavy atom. The van der Waals surface area contributed by atoms with Crippen molar-refractivity contribution in [1.29, 1.82) is 0 Å². The van der Waals surface area contributed by atoms with E-state index in [-0.39, 0.29) is 5.91 Å². The molecule has 1 unspecified atom stereocenters. The van der Waals surface area contributed by atoms with Gasteiger partial charge in [0.15, 0.2) is 0 Å². The van der Waals surface area contributed by atoms with E-state index >= 15 is 0 Å². The summed E-state index contributed by atoms with van der Waals surface area (Å²) in [6, 6.07) is 17.3. The van der Waals surface area contributed by atoms with E-state index in [4.69, 9.17) is 5.73 Å². The van der Waals surface area contributed by atoms with Crippen molar-refractivity contribution in [3.8, 4) is 0 Å². The minimum atomic E-state index is -0.562. The third-order valence-electron chi connectivity index (χ3n) is 4.14. The van der Waals surface area contributed by atoms with Gasteiger partial charge < -0.3 is 15.6 Å². The van der Waals surface area contributed by atoms with Gasteiger partial charge in [0, 0.05) is 29.3 Å². The van der Waals surface area contributed by atoms with Gasteiger partial charge in [0.05, 0.1) is 6.04 Å². The molecule has 3 aromatic rings. The molecule has 124 valence electrons. The average molecular weight is 321 g/mol. The van der Waals surface area contributed by atoms with Gasteiger partial charge in [-0.1, -0.05) is 37.3 Å². The summed E-state index contributed by atoms with van der Waals surface area (Å²) in [5.41, 5.74) is 9.07. The molecule has 0 aliphatic carbocycles. The molecule has 24 heavy (non-hydrogen) atoms. The molecule has 0 bridgehead atoms. The molecule has 0 aliphatic rings. The highest BCUT2D eigenvalue weighted by Crippen LogP contribution is 2.21. The van der Waals surface area contributed by atoms with E-state index in [2.05, 4.69) is 29.1 Å². The van der Waals surface area contributed by atoms with Gasteiger partial charge in [-0.25, -0.2) is 0 Å². The molecule has 2 aromatic carbocycles. The van der Waals surface area contributed by atoms with Crippen LogP contribution in [0.4, 0.5) is 5.69 Å². The van der Waals surface area contributed by atoms with Gasteiger partial charge in [0.25, 0.3) is 0 Å². The number of benzene rings is 2. The van der Waals surface area contributed by atoms with E-state index in [0.29, 0.717) is 6.42 Å². The molecule has 1 atom stereocenters. The summed E-state index contributed by atoms with van der Waals surface area (Å²) in [6.45, 7) is 3.16. The second-order valence-electron chi connectivity index (χ2n) is 6.07. The van der Waals surface area contributed by atoms with Gasteiger partial charge in [0.2, 0.25) is 5.91 Å². The first kappa shape index (κ1) is 16.3. The van der Waals surface area contributed by atoms with Crippen LogP contribution < -0.4 is 11.1 Å². The van der Waals surface area contributed by atoms with Gasteiger partial charge in [0.1, 0.15) is 0 Å². The Morgan fingerprint density at radius 1 is 1.17 bits per heavy atom. The molecule has 3 rings (SSSR count). The molecule has 0 saturated heterocycles. The Balaban J connectivity index is 1.68. The van der Waals surface area contributed by atoms with Gasteiger partial charge in [-0.2, -0.15) is 0 Å². The number of hydrogen-bond donors (Lipinski definition) is 2. The molecule has 1 heterocycles. The number of fused-ring (bicyclic) bond motifs is 1. The van der Waals surface area contributed by atoms with Gasteiger partial charge >= 0.3 is 0 Å². The van der Waals surface area contributed by atoms with Crippen LogP contribution in [-0.2, 0) is 17.8 Å². The number of aryl methyl sites for hydroxylation is 1. The van der Waals surface area contributed by atoms with E-state index in [1.165, 1.54) is 5.52 Å². The van der Waals surface area contributed by atoms with E-state index in [0.717, 1.165) is 29.6 Å². The predicted octanol–water partition coefficient (Wildman–Crippen LogP) is 3.56. The highest BCUT2D eigenvalue weighted by atomic mass is 16.2. The van der Waals surface area contributed by atoms with Crippen LogP contribution in [0.5, 0.6) is 0 Å². The Kier molecular flexibility index (Phi) is 4.96. The SMILES string of the molecule is CCCn1ccc2cc(NC(=O)C(N)Cc3ccccc3)ccc21. The second kappa shape index (κ2) is 7.32. The molecule has 0 radical (unpaired) electrons. The molecular weight excluding hydrogens is 298 g/mol. The van der Waals surface area contributed by atoms with Crippen molar-refractivity contribution in [2.45, 2.75) is 32.4 Å². The predicted molar refractivity (Wildman–Crippen MR) is 99.0 cm³/mol. The number of hydrogen-bond acceptors (Lipinski definition) is 2. The van der Waals surface area contributed by atoms with Gasteiger partial charge in [-0.3, -0.25) is 4.79 Å². The van der Waals surface area contributed by atoms with Crippen LogP contribution in [0.3, 0.4) is 0 Å². The lowest BCUT2D eigenvalue weighted by atomic mass is 10.1. The summed E-state index contributed by atoms with van der Waals surface area (Å²) in [7, 11) is 0. The number of nitrogens with two attached hydrogens (primary N) is 1. The van der Waals surface area contributed by atoms with Crippen molar-refractivity contribution in [3.63, 3.8) is 0 Å². The third-order valence-corrected chi connectivity index (χ3v) is 4.14. The van der Waals surface area contributed by atoms with Crippen LogP contribution in [0, 0.1) is 0 Å². The molecule has 4 heteroatoms. The Bertz CT molecular complexity index is 823. The topological polar surface area (TPSA) is 60.0 Å². The Hall–Kier alpha value is -2.59. The normalized spacial score (nSPS) is 12.2. The molecule has 3 N–H and O–H groups in total. The van der Waals surface area contributed by atoms with Crippen molar-refractivity contribution >= 4 is 22.5 Å². The zero-order valence-electron chi connectivity index (χ0n) is 13.9. The lowest BCUT2D eigenvalue weighted by Crippen LogP contribution is -2.37. The summed E-state index contributed by atoms with van der Waals surface area (Å²) in [4.78, 5) is 12.3. The van der Waals surface area contributed by atoms with Crippen molar-refractivity contribution in [2.75, 3.05) is 5.32 Å². The molecule has 0 spiro atoms. The minimum Gasteiger partial charge on any atom is -0.347 e. The van der Waals surface area contributed by atoms with Crippen molar-refractivity contribution in [3.05, 3.63) is 66.4 Å². The number of aromatic nitrogens is 1. The quantitative estimate of drug-likeness (QED) is 0.729.